The molecule has 86 valence electrons. The molecular formula is C11H13FN2O2. The van der Waals surface area contributed by atoms with Crippen LogP contribution in [0.4, 0.5) is 4.39 Å². The van der Waals surface area contributed by atoms with Gasteiger partial charge in [0.25, 0.3) is 5.91 Å². The van der Waals surface area contributed by atoms with Gasteiger partial charge < -0.3 is 5.32 Å². The first-order chi connectivity index (χ1) is 7.77. The van der Waals surface area contributed by atoms with E-state index in [1.807, 2.05) is 0 Å². The van der Waals surface area contributed by atoms with E-state index in [0.717, 1.165) is 13.0 Å². The minimum absolute atomic E-state index is 0.00606. The molecule has 0 aliphatic carbocycles. The Labute approximate surface area is 92.7 Å². The summed E-state index contributed by atoms with van der Waals surface area (Å²) in [7, 11) is 0. The number of hydrogen-bond donors (Lipinski definition) is 2. The second kappa shape index (κ2) is 5.05. The van der Waals surface area contributed by atoms with Crippen molar-refractivity contribution in [2.75, 3.05) is 13.1 Å². The average Bonchev–Trinajstić information content (AvgIpc) is 2.79. The molecule has 2 N–H and O–H groups in total. The lowest BCUT2D eigenvalue weighted by Gasteiger charge is -2.10. The maximum absolute atomic E-state index is 13.2. The Morgan fingerprint density at radius 2 is 2.31 bits per heavy atom. The highest BCUT2D eigenvalue weighted by Crippen LogP contribution is 2.07. The van der Waals surface area contributed by atoms with E-state index in [4.69, 9.17) is 4.84 Å². The summed E-state index contributed by atoms with van der Waals surface area (Å²) in [5, 5.41) is 3.10. The third-order valence-corrected chi connectivity index (χ3v) is 2.45. The molecule has 1 saturated heterocycles. The van der Waals surface area contributed by atoms with Gasteiger partial charge in [0.15, 0.2) is 0 Å². The van der Waals surface area contributed by atoms with Gasteiger partial charge in [0.05, 0.1) is 11.7 Å². The Bertz CT molecular complexity index is 378. The number of benzene rings is 1. The van der Waals surface area contributed by atoms with E-state index in [1.165, 1.54) is 18.2 Å². The van der Waals surface area contributed by atoms with Crippen molar-refractivity contribution in [2.45, 2.75) is 12.5 Å². The molecule has 1 aliphatic rings. The molecule has 1 heterocycles. The summed E-state index contributed by atoms with van der Waals surface area (Å²) in [5.41, 5.74) is 2.26. The second-order valence-electron chi connectivity index (χ2n) is 3.64. The number of halogens is 1. The van der Waals surface area contributed by atoms with Crippen LogP contribution in [0.25, 0.3) is 0 Å². The van der Waals surface area contributed by atoms with E-state index in [0.29, 0.717) is 6.54 Å². The van der Waals surface area contributed by atoms with Gasteiger partial charge in [-0.2, -0.15) is 0 Å². The van der Waals surface area contributed by atoms with Crippen LogP contribution in [0.5, 0.6) is 0 Å². The summed E-state index contributed by atoms with van der Waals surface area (Å²) in [5.74, 6) is -1.10. The predicted octanol–water partition coefficient (Wildman–Crippen LogP) is 0.849. The number of hydrogen-bond acceptors (Lipinski definition) is 3. The number of carbonyl (C=O) groups excluding carboxylic acids is 1. The number of amides is 1. The summed E-state index contributed by atoms with van der Waals surface area (Å²) in [6, 6.07) is 5.80. The third kappa shape index (κ3) is 2.56. The van der Waals surface area contributed by atoms with Crippen molar-refractivity contribution in [3.63, 3.8) is 0 Å². The summed E-state index contributed by atoms with van der Waals surface area (Å²) < 4.78 is 13.2. The fourth-order valence-electron chi connectivity index (χ4n) is 1.57. The Morgan fingerprint density at radius 3 is 3.00 bits per heavy atom. The molecule has 5 heteroatoms. The molecule has 1 aromatic carbocycles. The van der Waals surface area contributed by atoms with Crippen LogP contribution < -0.4 is 10.8 Å². The van der Waals surface area contributed by atoms with Gasteiger partial charge in [0.1, 0.15) is 5.82 Å². The number of hydroxylamine groups is 1. The lowest BCUT2D eigenvalue weighted by molar-refractivity contribution is -0.00703. The number of nitrogens with one attached hydrogen (secondary N) is 2. The van der Waals surface area contributed by atoms with Crippen LogP contribution in [0.2, 0.25) is 0 Å². The fourth-order valence-corrected chi connectivity index (χ4v) is 1.57. The van der Waals surface area contributed by atoms with E-state index >= 15 is 0 Å². The number of rotatable bonds is 3. The van der Waals surface area contributed by atoms with Crippen LogP contribution in [0.15, 0.2) is 24.3 Å². The molecule has 0 bridgehead atoms. The highest BCUT2D eigenvalue weighted by atomic mass is 19.1. The van der Waals surface area contributed by atoms with Crippen LogP contribution in [0, 0.1) is 5.82 Å². The first-order valence-corrected chi connectivity index (χ1v) is 5.18. The Balaban J connectivity index is 1.90. The zero-order valence-corrected chi connectivity index (χ0v) is 8.70. The van der Waals surface area contributed by atoms with Gasteiger partial charge in [0, 0.05) is 6.54 Å². The average molecular weight is 224 g/mol. The maximum atomic E-state index is 13.2. The molecule has 1 aliphatic heterocycles. The molecule has 2 rings (SSSR count). The van der Waals surface area contributed by atoms with Gasteiger partial charge in [-0.3, -0.25) is 9.63 Å². The van der Waals surface area contributed by atoms with Crippen molar-refractivity contribution in [3.05, 3.63) is 35.6 Å². The van der Waals surface area contributed by atoms with E-state index in [9.17, 15) is 9.18 Å². The minimum Gasteiger partial charge on any atom is -0.314 e. The van der Waals surface area contributed by atoms with Crippen LogP contribution in [0.3, 0.4) is 0 Å². The molecule has 1 amide bonds. The Hall–Kier alpha value is -1.46. The summed E-state index contributed by atoms with van der Waals surface area (Å²) in [4.78, 5) is 16.7. The van der Waals surface area contributed by atoms with Crippen LogP contribution in [0.1, 0.15) is 16.8 Å². The van der Waals surface area contributed by atoms with Gasteiger partial charge in [-0.15, -0.1) is 0 Å². The molecule has 1 aromatic rings. The third-order valence-electron chi connectivity index (χ3n) is 2.45. The topological polar surface area (TPSA) is 50.4 Å². The van der Waals surface area contributed by atoms with Crippen molar-refractivity contribution in [2.24, 2.45) is 0 Å². The zero-order chi connectivity index (χ0) is 11.4. The lowest BCUT2D eigenvalue weighted by atomic mass is 10.2. The summed E-state index contributed by atoms with van der Waals surface area (Å²) in [6.07, 6.45) is 0.813. The van der Waals surface area contributed by atoms with E-state index in [1.54, 1.807) is 6.07 Å². The van der Waals surface area contributed by atoms with Crippen molar-refractivity contribution < 1.29 is 14.0 Å². The molecule has 0 spiro atoms. The van der Waals surface area contributed by atoms with Crippen molar-refractivity contribution in [1.29, 1.82) is 0 Å². The normalized spacial score (nSPS) is 19.7. The van der Waals surface area contributed by atoms with Crippen LogP contribution in [-0.2, 0) is 4.84 Å². The van der Waals surface area contributed by atoms with Gasteiger partial charge >= 0.3 is 0 Å². The monoisotopic (exact) mass is 224 g/mol. The maximum Gasteiger partial charge on any atom is 0.277 e. The Kier molecular flexibility index (Phi) is 3.48. The standard InChI is InChI=1S/C11H13FN2O2/c12-10-4-2-1-3-9(10)11(15)14-16-8-5-6-13-7-8/h1-4,8,13H,5-7H2,(H,14,15). The highest BCUT2D eigenvalue weighted by molar-refractivity contribution is 5.93. The lowest BCUT2D eigenvalue weighted by Crippen LogP contribution is -2.31. The molecule has 0 aromatic heterocycles. The predicted molar refractivity (Wildman–Crippen MR) is 56.2 cm³/mol. The molecule has 1 fully saturated rings. The van der Waals surface area contributed by atoms with E-state index in [-0.39, 0.29) is 11.7 Å². The van der Waals surface area contributed by atoms with Gasteiger partial charge in [-0.05, 0) is 25.1 Å². The summed E-state index contributed by atoms with van der Waals surface area (Å²) >= 11 is 0. The van der Waals surface area contributed by atoms with E-state index < -0.39 is 11.7 Å². The zero-order valence-electron chi connectivity index (χ0n) is 8.70. The molecule has 1 atom stereocenters. The second-order valence-corrected chi connectivity index (χ2v) is 3.64. The van der Waals surface area contributed by atoms with E-state index in [2.05, 4.69) is 10.8 Å². The summed E-state index contributed by atoms with van der Waals surface area (Å²) in [6.45, 7) is 1.58. The van der Waals surface area contributed by atoms with Gasteiger partial charge in [0.2, 0.25) is 0 Å². The molecule has 16 heavy (non-hydrogen) atoms. The van der Waals surface area contributed by atoms with Crippen molar-refractivity contribution in [1.82, 2.24) is 10.8 Å². The van der Waals surface area contributed by atoms with Gasteiger partial charge in [-0.25, -0.2) is 9.87 Å². The quantitative estimate of drug-likeness (QED) is 0.748. The van der Waals surface area contributed by atoms with Crippen molar-refractivity contribution >= 4 is 5.91 Å². The van der Waals surface area contributed by atoms with Crippen molar-refractivity contribution in [3.8, 4) is 0 Å². The highest BCUT2D eigenvalue weighted by Gasteiger charge is 2.17. The largest absolute Gasteiger partial charge is 0.314 e. The van der Waals surface area contributed by atoms with Crippen LogP contribution in [-0.4, -0.2) is 25.1 Å². The van der Waals surface area contributed by atoms with Gasteiger partial charge in [-0.1, -0.05) is 12.1 Å². The first-order valence-electron chi connectivity index (χ1n) is 5.18. The Morgan fingerprint density at radius 1 is 1.50 bits per heavy atom. The molecular weight excluding hydrogens is 211 g/mol. The molecule has 0 radical (unpaired) electrons. The SMILES string of the molecule is O=C(NOC1CCNC1)c1ccccc1F. The first kappa shape index (κ1) is 11.0. The number of carbonyl (C=O) groups is 1. The molecule has 1 unspecified atom stereocenters. The minimum atomic E-state index is -0.551. The van der Waals surface area contributed by atoms with Crippen LogP contribution >= 0.6 is 0 Å². The smallest absolute Gasteiger partial charge is 0.277 e. The molecule has 4 nitrogen and oxygen atoms in total. The molecule has 0 saturated carbocycles. The fraction of sp³-hybridized carbons (Fsp3) is 0.364.